The van der Waals surface area contributed by atoms with Gasteiger partial charge in [-0.15, -0.1) is 0 Å². The van der Waals surface area contributed by atoms with E-state index < -0.39 is 0 Å². The van der Waals surface area contributed by atoms with E-state index in [9.17, 15) is 0 Å². The van der Waals surface area contributed by atoms with Gasteiger partial charge < -0.3 is 25.6 Å². The molecule has 174 valence electrons. The first kappa shape index (κ1) is 23.0. The lowest BCUT2D eigenvalue weighted by atomic mass is 9.91. The van der Waals surface area contributed by atoms with Crippen LogP contribution < -0.4 is 25.6 Å². The van der Waals surface area contributed by atoms with Crippen LogP contribution in [0.3, 0.4) is 0 Å². The Hall–Kier alpha value is -3.13. The molecule has 0 unspecified atom stereocenters. The maximum Gasteiger partial charge on any atom is 0.225 e. The van der Waals surface area contributed by atoms with Crippen molar-refractivity contribution in [2.45, 2.75) is 44.3 Å². The van der Waals surface area contributed by atoms with Crippen molar-refractivity contribution in [2.24, 2.45) is 0 Å². The molecule has 2 aromatic carbocycles. The van der Waals surface area contributed by atoms with Crippen LogP contribution in [0, 0.1) is 0 Å². The highest BCUT2D eigenvalue weighted by Gasteiger charge is 2.23. The smallest absolute Gasteiger partial charge is 0.225 e. The van der Waals surface area contributed by atoms with Gasteiger partial charge in [0.05, 0.1) is 12.6 Å². The summed E-state index contributed by atoms with van der Waals surface area (Å²) >= 11 is 5.53. The summed E-state index contributed by atoms with van der Waals surface area (Å²) in [4.78, 5) is 11.6. The zero-order chi connectivity index (χ0) is 23.2. The van der Waals surface area contributed by atoms with Gasteiger partial charge in [0, 0.05) is 43.7 Å². The van der Waals surface area contributed by atoms with Crippen molar-refractivity contribution in [1.82, 2.24) is 20.6 Å². The van der Waals surface area contributed by atoms with Crippen LogP contribution in [-0.4, -0.2) is 48.4 Å². The summed E-state index contributed by atoms with van der Waals surface area (Å²) in [6, 6.07) is 16.8. The second kappa shape index (κ2) is 10.7. The van der Waals surface area contributed by atoms with Gasteiger partial charge in [-0.05, 0) is 56.1 Å². The quantitative estimate of drug-likeness (QED) is 0.452. The maximum absolute atomic E-state index is 5.53. The number of aromatic nitrogens is 2. The first-order chi connectivity index (χ1) is 16.0. The molecular formula is C25H32N6OS. The van der Waals surface area contributed by atoms with Crippen LogP contribution in [0.4, 0.5) is 11.8 Å². The van der Waals surface area contributed by atoms with Crippen LogP contribution >= 0.6 is 12.2 Å². The van der Waals surface area contributed by atoms with Crippen LogP contribution in [0.25, 0.3) is 10.9 Å². The van der Waals surface area contributed by atoms with Crippen LogP contribution in [0.15, 0.2) is 48.5 Å². The van der Waals surface area contributed by atoms with E-state index in [1.54, 1.807) is 7.11 Å². The Bertz CT molecular complexity index is 1100. The van der Waals surface area contributed by atoms with Gasteiger partial charge in [0.1, 0.15) is 11.6 Å². The van der Waals surface area contributed by atoms with Gasteiger partial charge in [-0.25, -0.2) is 4.98 Å². The Morgan fingerprint density at radius 3 is 2.45 bits per heavy atom. The van der Waals surface area contributed by atoms with Crippen LogP contribution in [-0.2, 0) is 6.54 Å². The van der Waals surface area contributed by atoms with Crippen molar-refractivity contribution in [2.75, 3.05) is 31.4 Å². The Morgan fingerprint density at radius 1 is 1.00 bits per heavy atom. The minimum absolute atomic E-state index is 0.356. The fourth-order valence-electron chi connectivity index (χ4n) is 4.29. The number of benzene rings is 2. The van der Waals surface area contributed by atoms with E-state index in [0.717, 1.165) is 53.7 Å². The van der Waals surface area contributed by atoms with Gasteiger partial charge in [0.15, 0.2) is 5.11 Å². The molecule has 33 heavy (non-hydrogen) atoms. The molecule has 8 heteroatoms. The first-order valence-electron chi connectivity index (χ1n) is 11.4. The molecule has 3 N–H and O–H groups in total. The SMILES string of the molecule is COc1ccccc1CNC(=S)NC1CCC(Nc2nc(N(C)C)c3ccccc3n2)CC1. The number of para-hydroxylation sites is 2. The molecule has 1 aliphatic rings. The Kier molecular flexibility index (Phi) is 7.44. The summed E-state index contributed by atoms with van der Waals surface area (Å²) in [6.45, 7) is 0.639. The molecule has 0 radical (unpaired) electrons. The van der Waals surface area contributed by atoms with Crippen molar-refractivity contribution in [3.05, 3.63) is 54.1 Å². The summed E-state index contributed by atoms with van der Waals surface area (Å²) in [5, 5.41) is 12.1. The predicted octanol–water partition coefficient (Wildman–Crippen LogP) is 4.09. The van der Waals surface area contributed by atoms with Crippen LogP contribution in [0.1, 0.15) is 31.2 Å². The number of rotatable bonds is 7. The third kappa shape index (κ3) is 5.82. The molecule has 1 heterocycles. The van der Waals surface area contributed by atoms with E-state index in [1.165, 1.54) is 0 Å². The third-order valence-electron chi connectivity index (χ3n) is 6.03. The number of anilines is 2. The molecule has 0 spiro atoms. The monoisotopic (exact) mass is 464 g/mol. The second-order valence-corrected chi connectivity index (χ2v) is 9.02. The molecule has 7 nitrogen and oxygen atoms in total. The predicted molar refractivity (Wildman–Crippen MR) is 139 cm³/mol. The van der Waals surface area contributed by atoms with Crippen LogP contribution in [0.2, 0.25) is 0 Å². The summed E-state index contributed by atoms with van der Waals surface area (Å²) in [5.74, 6) is 2.50. The van der Waals surface area contributed by atoms with Crippen molar-refractivity contribution in [3.63, 3.8) is 0 Å². The summed E-state index contributed by atoms with van der Waals surface area (Å²) in [7, 11) is 5.71. The summed E-state index contributed by atoms with van der Waals surface area (Å²) < 4.78 is 5.41. The summed E-state index contributed by atoms with van der Waals surface area (Å²) in [6.07, 6.45) is 4.17. The Morgan fingerprint density at radius 2 is 1.70 bits per heavy atom. The van der Waals surface area contributed by atoms with Gasteiger partial charge in [-0.2, -0.15) is 4.98 Å². The van der Waals surface area contributed by atoms with Crippen molar-refractivity contribution in [3.8, 4) is 5.75 Å². The van der Waals surface area contributed by atoms with E-state index in [1.807, 2.05) is 61.5 Å². The highest BCUT2D eigenvalue weighted by atomic mass is 32.1. The van der Waals surface area contributed by atoms with E-state index >= 15 is 0 Å². The molecule has 1 aromatic heterocycles. The molecule has 0 atom stereocenters. The number of nitrogens with one attached hydrogen (secondary N) is 3. The highest BCUT2D eigenvalue weighted by Crippen LogP contribution is 2.26. The molecule has 0 aliphatic heterocycles. The summed E-state index contributed by atoms with van der Waals surface area (Å²) in [5.41, 5.74) is 2.05. The average Bonchev–Trinajstić information content (AvgIpc) is 2.83. The van der Waals surface area contributed by atoms with Gasteiger partial charge in [0.25, 0.3) is 0 Å². The average molecular weight is 465 g/mol. The standard InChI is InChI=1S/C25H32N6OS/c1-31(2)23-20-9-5-6-10-21(20)29-24(30-23)27-18-12-14-19(15-13-18)28-25(33)26-16-17-8-4-7-11-22(17)32-3/h4-11,18-19H,12-16H2,1-3H3,(H2,26,28,33)(H,27,29,30). The highest BCUT2D eigenvalue weighted by molar-refractivity contribution is 7.80. The number of fused-ring (bicyclic) bond motifs is 1. The van der Waals surface area contributed by atoms with Gasteiger partial charge in [0.2, 0.25) is 5.95 Å². The molecule has 0 saturated heterocycles. The fraction of sp³-hybridized carbons (Fsp3) is 0.400. The van der Waals surface area contributed by atoms with Crippen molar-refractivity contribution >= 4 is 40.0 Å². The molecule has 1 fully saturated rings. The van der Waals surface area contributed by atoms with Crippen molar-refractivity contribution < 1.29 is 4.74 Å². The van der Waals surface area contributed by atoms with E-state index in [4.69, 9.17) is 26.9 Å². The Labute approximate surface area is 200 Å². The molecule has 0 bridgehead atoms. The number of hydrogen-bond donors (Lipinski definition) is 3. The van der Waals surface area contributed by atoms with Gasteiger partial charge in [-0.1, -0.05) is 30.3 Å². The number of hydrogen-bond acceptors (Lipinski definition) is 6. The number of thiocarbonyl (C=S) groups is 1. The van der Waals surface area contributed by atoms with Crippen LogP contribution in [0.5, 0.6) is 5.75 Å². The molecule has 4 rings (SSSR count). The molecule has 1 aliphatic carbocycles. The minimum Gasteiger partial charge on any atom is -0.496 e. The largest absolute Gasteiger partial charge is 0.496 e. The molecule has 1 saturated carbocycles. The van der Waals surface area contributed by atoms with Gasteiger partial charge in [-0.3, -0.25) is 0 Å². The minimum atomic E-state index is 0.356. The molecular weight excluding hydrogens is 432 g/mol. The third-order valence-corrected chi connectivity index (χ3v) is 6.30. The maximum atomic E-state index is 5.53. The number of ether oxygens (including phenoxy) is 1. The lowest BCUT2D eigenvalue weighted by molar-refractivity contribution is 0.385. The normalized spacial score (nSPS) is 17.9. The zero-order valence-electron chi connectivity index (χ0n) is 19.5. The van der Waals surface area contributed by atoms with E-state index in [-0.39, 0.29) is 0 Å². The van der Waals surface area contributed by atoms with E-state index in [2.05, 4.69) is 22.0 Å². The molecule has 3 aromatic rings. The fourth-order valence-corrected chi connectivity index (χ4v) is 4.53. The van der Waals surface area contributed by atoms with E-state index in [0.29, 0.717) is 29.7 Å². The lowest BCUT2D eigenvalue weighted by Crippen LogP contribution is -2.44. The molecule has 0 amide bonds. The topological polar surface area (TPSA) is 74.3 Å². The van der Waals surface area contributed by atoms with Crippen molar-refractivity contribution in [1.29, 1.82) is 0 Å². The number of methoxy groups -OCH3 is 1. The second-order valence-electron chi connectivity index (χ2n) is 8.61. The van der Waals surface area contributed by atoms with Gasteiger partial charge >= 0.3 is 0 Å². The zero-order valence-corrected chi connectivity index (χ0v) is 20.3. The first-order valence-corrected chi connectivity index (χ1v) is 11.8. The Balaban J connectivity index is 1.28. The lowest BCUT2D eigenvalue weighted by Gasteiger charge is -2.30. The number of nitrogens with zero attached hydrogens (tertiary/aromatic N) is 3.